The van der Waals surface area contributed by atoms with Crippen LogP contribution in [0.1, 0.15) is 27.2 Å². The van der Waals surface area contributed by atoms with Gasteiger partial charge in [0.05, 0.1) is 7.11 Å². The number of carbonyl (C=O) groups is 1. The molecule has 1 heterocycles. The molecule has 0 bridgehead atoms. The van der Waals surface area contributed by atoms with Crippen LogP contribution in [0.5, 0.6) is 0 Å². The van der Waals surface area contributed by atoms with Crippen molar-refractivity contribution in [1.82, 2.24) is 4.98 Å². The van der Waals surface area contributed by atoms with Crippen molar-refractivity contribution in [1.29, 1.82) is 0 Å². The Balaban J connectivity index is 2.29. The van der Waals surface area contributed by atoms with Gasteiger partial charge in [0.25, 0.3) is 0 Å². The fourth-order valence-electron chi connectivity index (χ4n) is 1.61. The molecular weight excluding hydrogens is 250 g/mol. The fourth-order valence-corrected chi connectivity index (χ4v) is 2.50. The van der Waals surface area contributed by atoms with Crippen LogP contribution in [0.2, 0.25) is 0 Å². The molecule has 0 fully saturated rings. The molecule has 0 saturated heterocycles. The first kappa shape index (κ1) is 12.7. The van der Waals surface area contributed by atoms with Gasteiger partial charge < -0.3 is 9.47 Å². The Labute approximate surface area is 109 Å². The van der Waals surface area contributed by atoms with Crippen molar-refractivity contribution in [2.75, 3.05) is 14.2 Å². The van der Waals surface area contributed by atoms with E-state index in [0.717, 1.165) is 10.6 Å². The molecule has 0 N–H and O–H groups in total. The molecular formula is C13H13NO3S. The summed E-state index contributed by atoms with van der Waals surface area (Å²) in [5.41, 5.74) is 1.32. The largest absolute Gasteiger partial charge is 0.464 e. The van der Waals surface area contributed by atoms with E-state index in [0.29, 0.717) is 5.69 Å². The van der Waals surface area contributed by atoms with Gasteiger partial charge in [-0.25, -0.2) is 9.78 Å². The maximum absolute atomic E-state index is 11.4. The molecule has 0 aliphatic heterocycles. The lowest BCUT2D eigenvalue weighted by molar-refractivity contribution is 0.0594. The normalized spacial score (nSPS) is 12.1. The molecule has 2 rings (SSSR count). The van der Waals surface area contributed by atoms with Crippen molar-refractivity contribution in [2.45, 2.75) is 6.10 Å². The molecule has 0 aliphatic rings. The number of hydrogen-bond donors (Lipinski definition) is 0. The van der Waals surface area contributed by atoms with E-state index in [-0.39, 0.29) is 6.10 Å². The molecule has 4 nitrogen and oxygen atoms in total. The van der Waals surface area contributed by atoms with Crippen LogP contribution < -0.4 is 0 Å². The zero-order valence-electron chi connectivity index (χ0n) is 10.1. The summed E-state index contributed by atoms with van der Waals surface area (Å²) in [6.45, 7) is 0. The minimum Gasteiger partial charge on any atom is -0.464 e. The number of carbonyl (C=O) groups excluding carboxylic acids is 1. The van der Waals surface area contributed by atoms with E-state index < -0.39 is 5.97 Å². The van der Waals surface area contributed by atoms with Gasteiger partial charge >= 0.3 is 5.97 Å². The third-order valence-corrected chi connectivity index (χ3v) is 3.37. The molecule has 5 heteroatoms. The van der Waals surface area contributed by atoms with E-state index >= 15 is 0 Å². The highest BCUT2D eigenvalue weighted by molar-refractivity contribution is 7.09. The molecule has 94 valence electrons. The zero-order chi connectivity index (χ0) is 13.0. The lowest BCUT2D eigenvalue weighted by atomic mass is 10.1. The summed E-state index contributed by atoms with van der Waals surface area (Å²) in [5.74, 6) is -0.430. The third-order valence-electron chi connectivity index (χ3n) is 2.48. The summed E-state index contributed by atoms with van der Waals surface area (Å²) >= 11 is 1.38. The van der Waals surface area contributed by atoms with Gasteiger partial charge in [0, 0.05) is 12.5 Å². The number of ether oxygens (including phenoxy) is 2. The second-order valence-electron chi connectivity index (χ2n) is 3.59. The zero-order valence-corrected chi connectivity index (χ0v) is 10.9. The van der Waals surface area contributed by atoms with Gasteiger partial charge in [0.1, 0.15) is 11.1 Å². The van der Waals surface area contributed by atoms with Crippen molar-refractivity contribution in [3.05, 3.63) is 52.0 Å². The lowest BCUT2D eigenvalue weighted by Gasteiger charge is -2.12. The number of aromatic nitrogens is 1. The molecule has 0 radical (unpaired) electrons. The lowest BCUT2D eigenvalue weighted by Crippen LogP contribution is -2.05. The van der Waals surface area contributed by atoms with E-state index in [1.54, 1.807) is 12.5 Å². The summed E-state index contributed by atoms with van der Waals surface area (Å²) in [6, 6.07) is 9.76. The highest BCUT2D eigenvalue weighted by Gasteiger charge is 2.19. The second kappa shape index (κ2) is 5.75. The molecule has 1 atom stereocenters. The Hall–Kier alpha value is -1.72. The number of rotatable bonds is 4. The van der Waals surface area contributed by atoms with E-state index in [4.69, 9.17) is 4.74 Å². The topological polar surface area (TPSA) is 48.4 Å². The maximum atomic E-state index is 11.4. The van der Waals surface area contributed by atoms with E-state index in [9.17, 15) is 4.79 Å². The van der Waals surface area contributed by atoms with Crippen molar-refractivity contribution in [3.8, 4) is 0 Å². The number of esters is 1. The Morgan fingerprint density at radius 2 is 2.00 bits per heavy atom. The molecule has 2 aromatic rings. The third kappa shape index (κ3) is 2.57. The average molecular weight is 263 g/mol. The van der Waals surface area contributed by atoms with Gasteiger partial charge in [0.15, 0.2) is 5.69 Å². The van der Waals surface area contributed by atoms with E-state index in [1.807, 2.05) is 30.3 Å². The summed E-state index contributed by atoms with van der Waals surface area (Å²) in [4.78, 5) is 15.6. The smallest absolute Gasteiger partial charge is 0.357 e. The first-order valence-electron chi connectivity index (χ1n) is 5.37. The van der Waals surface area contributed by atoms with Crippen LogP contribution in [0.15, 0.2) is 35.7 Å². The van der Waals surface area contributed by atoms with E-state index in [1.165, 1.54) is 18.4 Å². The number of nitrogens with zero attached hydrogens (tertiary/aromatic N) is 1. The first-order chi connectivity index (χ1) is 8.76. The Kier molecular flexibility index (Phi) is 4.07. The Morgan fingerprint density at radius 3 is 2.61 bits per heavy atom. The highest BCUT2D eigenvalue weighted by atomic mass is 32.1. The van der Waals surface area contributed by atoms with Gasteiger partial charge in [-0.15, -0.1) is 11.3 Å². The van der Waals surface area contributed by atoms with Crippen molar-refractivity contribution >= 4 is 17.3 Å². The first-order valence-corrected chi connectivity index (χ1v) is 6.25. The van der Waals surface area contributed by atoms with Crippen LogP contribution in [-0.4, -0.2) is 25.2 Å². The van der Waals surface area contributed by atoms with Crippen molar-refractivity contribution in [2.24, 2.45) is 0 Å². The quantitative estimate of drug-likeness (QED) is 0.796. The average Bonchev–Trinajstić information content (AvgIpc) is 2.89. The number of methoxy groups -OCH3 is 2. The Bertz CT molecular complexity index is 524. The monoisotopic (exact) mass is 263 g/mol. The van der Waals surface area contributed by atoms with Gasteiger partial charge in [-0.1, -0.05) is 30.3 Å². The van der Waals surface area contributed by atoms with Crippen LogP contribution in [0.3, 0.4) is 0 Å². The van der Waals surface area contributed by atoms with Crippen LogP contribution in [0, 0.1) is 0 Å². The molecule has 0 amide bonds. The standard InChI is InChI=1S/C13H13NO3S/c1-16-11(9-6-4-3-5-7-9)12-14-10(8-18-12)13(15)17-2/h3-8,11H,1-2H3. The molecule has 1 unspecified atom stereocenters. The maximum Gasteiger partial charge on any atom is 0.357 e. The number of thiazole rings is 1. The molecule has 0 saturated carbocycles. The van der Waals surface area contributed by atoms with E-state index in [2.05, 4.69) is 9.72 Å². The minimum atomic E-state index is -0.430. The SMILES string of the molecule is COC(=O)c1csc(C(OC)c2ccccc2)n1. The van der Waals surface area contributed by atoms with Crippen molar-refractivity contribution in [3.63, 3.8) is 0 Å². The van der Waals surface area contributed by atoms with Gasteiger partial charge in [0.2, 0.25) is 0 Å². The van der Waals surface area contributed by atoms with Crippen LogP contribution >= 0.6 is 11.3 Å². The van der Waals surface area contributed by atoms with Gasteiger partial charge in [-0.05, 0) is 5.56 Å². The van der Waals surface area contributed by atoms with Crippen LogP contribution in [0.25, 0.3) is 0 Å². The molecule has 1 aromatic carbocycles. The molecule has 0 aliphatic carbocycles. The molecule has 1 aromatic heterocycles. The predicted molar refractivity (Wildman–Crippen MR) is 68.7 cm³/mol. The highest BCUT2D eigenvalue weighted by Crippen LogP contribution is 2.27. The molecule has 18 heavy (non-hydrogen) atoms. The number of benzene rings is 1. The predicted octanol–water partition coefficient (Wildman–Crippen LogP) is 2.67. The summed E-state index contributed by atoms with van der Waals surface area (Å²) in [5, 5.41) is 2.42. The van der Waals surface area contributed by atoms with Gasteiger partial charge in [-0.2, -0.15) is 0 Å². The summed E-state index contributed by atoms with van der Waals surface area (Å²) in [7, 11) is 2.96. The fraction of sp³-hybridized carbons (Fsp3) is 0.231. The van der Waals surface area contributed by atoms with Gasteiger partial charge in [-0.3, -0.25) is 0 Å². The molecule has 0 spiro atoms. The minimum absolute atomic E-state index is 0.255. The number of hydrogen-bond acceptors (Lipinski definition) is 5. The van der Waals surface area contributed by atoms with Crippen LogP contribution in [0.4, 0.5) is 0 Å². The second-order valence-corrected chi connectivity index (χ2v) is 4.48. The van der Waals surface area contributed by atoms with Crippen LogP contribution in [-0.2, 0) is 9.47 Å². The summed E-state index contributed by atoms with van der Waals surface area (Å²) < 4.78 is 10.1. The summed E-state index contributed by atoms with van der Waals surface area (Å²) in [6.07, 6.45) is -0.255. The van der Waals surface area contributed by atoms with Crippen molar-refractivity contribution < 1.29 is 14.3 Å². The Morgan fingerprint density at radius 1 is 1.28 bits per heavy atom.